The van der Waals surface area contributed by atoms with Crippen LogP contribution < -0.4 is 10.5 Å². The first-order valence-electron chi connectivity index (χ1n) is 5.72. The summed E-state index contributed by atoms with van der Waals surface area (Å²) in [6.45, 7) is 2.80. The third-order valence-electron chi connectivity index (χ3n) is 2.52. The van der Waals surface area contributed by atoms with Crippen molar-refractivity contribution >= 4 is 12.6 Å². The summed E-state index contributed by atoms with van der Waals surface area (Å²) in [4.78, 5) is 0. The molecule has 0 saturated carbocycles. The highest BCUT2D eigenvalue weighted by Crippen LogP contribution is 2.13. The van der Waals surface area contributed by atoms with Crippen molar-refractivity contribution in [3.8, 4) is 5.75 Å². The lowest BCUT2D eigenvalue weighted by atomic mass is 9.99. The minimum absolute atomic E-state index is 0.143. The Kier molecular flexibility index (Phi) is 5.71. The molecule has 0 aliphatic rings. The maximum atomic E-state index is 5.99. The van der Waals surface area contributed by atoms with E-state index >= 15 is 0 Å². The Labute approximate surface area is 104 Å². The molecule has 1 atom stereocenters. The molecule has 0 fully saturated rings. The highest BCUT2D eigenvalue weighted by Gasteiger charge is 2.14. The van der Waals surface area contributed by atoms with Crippen LogP contribution >= 0.6 is 12.6 Å². The normalized spacial score (nSPS) is 14.4. The van der Waals surface area contributed by atoms with E-state index in [1.807, 2.05) is 37.3 Å². The summed E-state index contributed by atoms with van der Waals surface area (Å²) in [6, 6.07) is 9.89. The van der Waals surface area contributed by atoms with Gasteiger partial charge in [-0.15, -0.1) is 0 Å². The third kappa shape index (κ3) is 5.42. The van der Waals surface area contributed by atoms with E-state index in [0.717, 1.165) is 37.4 Å². The van der Waals surface area contributed by atoms with Gasteiger partial charge in [0.05, 0.1) is 6.61 Å². The van der Waals surface area contributed by atoms with Gasteiger partial charge in [0.25, 0.3) is 0 Å². The van der Waals surface area contributed by atoms with Crippen LogP contribution in [0.1, 0.15) is 26.2 Å². The molecule has 16 heavy (non-hydrogen) atoms. The largest absolute Gasteiger partial charge is 0.494 e. The molecule has 1 aromatic carbocycles. The molecule has 90 valence electrons. The summed E-state index contributed by atoms with van der Waals surface area (Å²) in [5, 5.41) is 0. The Morgan fingerprint density at radius 2 is 1.94 bits per heavy atom. The predicted octanol–water partition coefficient (Wildman–Crippen LogP) is 2.88. The Morgan fingerprint density at radius 3 is 2.56 bits per heavy atom. The molecule has 2 N–H and O–H groups in total. The molecule has 0 aliphatic carbocycles. The fourth-order valence-electron chi connectivity index (χ4n) is 1.42. The molecular formula is C13H21NOS. The van der Waals surface area contributed by atoms with Gasteiger partial charge in [0.2, 0.25) is 0 Å². The average molecular weight is 239 g/mol. The number of ether oxygens (including phenoxy) is 1. The first kappa shape index (κ1) is 13.4. The number of hydrogen-bond acceptors (Lipinski definition) is 3. The number of hydrogen-bond donors (Lipinski definition) is 2. The molecule has 1 aromatic rings. The van der Waals surface area contributed by atoms with Crippen molar-refractivity contribution in [3.63, 3.8) is 0 Å². The highest BCUT2D eigenvalue weighted by atomic mass is 32.1. The number of unbranched alkanes of at least 4 members (excludes halogenated alkanes) is 1. The summed E-state index contributed by atoms with van der Waals surface area (Å²) >= 11 is 4.23. The molecular weight excluding hydrogens is 218 g/mol. The van der Waals surface area contributed by atoms with Gasteiger partial charge in [0.1, 0.15) is 5.75 Å². The Hall–Kier alpha value is -0.670. The maximum absolute atomic E-state index is 5.99. The van der Waals surface area contributed by atoms with Crippen LogP contribution in [0.15, 0.2) is 30.3 Å². The zero-order valence-corrected chi connectivity index (χ0v) is 10.7. The number of rotatable bonds is 7. The number of thiol groups is 1. The maximum Gasteiger partial charge on any atom is 0.119 e. The average Bonchev–Trinajstić information content (AvgIpc) is 2.30. The molecule has 0 amide bonds. The van der Waals surface area contributed by atoms with Crippen LogP contribution in [0.5, 0.6) is 5.75 Å². The monoisotopic (exact) mass is 239 g/mol. The standard InChI is InChI=1S/C13H21NOS/c1-13(14,11-16)9-5-6-10-15-12-7-3-2-4-8-12/h2-4,7-8,16H,5-6,9-11,14H2,1H3/t13-/m1/s1. The third-order valence-corrected chi connectivity index (χ3v) is 3.24. The zero-order chi connectivity index (χ0) is 11.9. The molecule has 0 aromatic heterocycles. The van der Waals surface area contributed by atoms with Crippen LogP contribution in [0.25, 0.3) is 0 Å². The second-order valence-corrected chi connectivity index (χ2v) is 4.75. The summed E-state index contributed by atoms with van der Waals surface area (Å²) in [5.74, 6) is 1.67. The van der Waals surface area contributed by atoms with Gasteiger partial charge < -0.3 is 10.5 Å². The van der Waals surface area contributed by atoms with E-state index < -0.39 is 0 Å². The van der Waals surface area contributed by atoms with Crippen LogP contribution in [0.3, 0.4) is 0 Å². The van der Waals surface area contributed by atoms with E-state index in [1.165, 1.54) is 0 Å². The van der Waals surface area contributed by atoms with E-state index in [-0.39, 0.29) is 5.54 Å². The quantitative estimate of drug-likeness (QED) is 0.567. The summed E-state index contributed by atoms with van der Waals surface area (Å²) < 4.78 is 5.59. The van der Waals surface area contributed by atoms with Crippen molar-refractivity contribution in [1.29, 1.82) is 0 Å². The van der Waals surface area contributed by atoms with E-state index in [0.29, 0.717) is 0 Å². The molecule has 0 bridgehead atoms. The minimum Gasteiger partial charge on any atom is -0.494 e. The topological polar surface area (TPSA) is 35.2 Å². The molecule has 0 aliphatic heterocycles. The molecule has 2 nitrogen and oxygen atoms in total. The van der Waals surface area contributed by atoms with E-state index in [2.05, 4.69) is 12.6 Å². The van der Waals surface area contributed by atoms with E-state index in [4.69, 9.17) is 10.5 Å². The lowest BCUT2D eigenvalue weighted by Gasteiger charge is -2.21. The number of nitrogens with two attached hydrogens (primary N) is 1. The lowest BCUT2D eigenvalue weighted by molar-refractivity contribution is 0.298. The first-order chi connectivity index (χ1) is 7.64. The SMILES string of the molecule is C[C@](N)(CS)CCCCOc1ccccc1. The summed E-state index contributed by atoms with van der Waals surface area (Å²) in [6.07, 6.45) is 3.12. The van der Waals surface area contributed by atoms with Crippen molar-refractivity contribution in [2.24, 2.45) is 5.73 Å². The Bertz CT molecular complexity index is 287. The Morgan fingerprint density at radius 1 is 1.25 bits per heavy atom. The lowest BCUT2D eigenvalue weighted by Crippen LogP contribution is -2.38. The molecule has 0 radical (unpaired) electrons. The fraction of sp³-hybridized carbons (Fsp3) is 0.538. The number of benzene rings is 1. The Balaban J connectivity index is 2.09. The van der Waals surface area contributed by atoms with Crippen molar-refractivity contribution in [2.75, 3.05) is 12.4 Å². The fourth-order valence-corrected chi connectivity index (χ4v) is 1.57. The van der Waals surface area contributed by atoms with Crippen LogP contribution in [-0.2, 0) is 0 Å². The van der Waals surface area contributed by atoms with Crippen molar-refractivity contribution in [1.82, 2.24) is 0 Å². The van der Waals surface area contributed by atoms with Crippen LogP contribution in [0.2, 0.25) is 0 Å². The first-order valence-corrected chi connectivity index (χ1v) is 6.35. The van der Waals surface area contributed by atoms with Crippen molar-refractivity contribution in [2.45, 2.75) is 31.7 Å². The second kappa shape index (κ2) is 6.81. The smallest absolute Gasteiger partial charge is 0.119 e. The molecule has 0 spiro atoms. The van der Waals surface area contributed by atoms with Crippen molar-refractivity contribution in [3.05, 3.63) is 30.3 Å². The van der Waals surface area contributed by atoms with Gasteiger partial charge in [-0.2, -0.15) is 12.6 Å². The van der Waals surface area contributed by atoms with Gasteiger partial charge in [-0.05, 0) is 38.3 Å². The van der Waals surface area contributed by atoms with E-state index in [1.54, 1.807) is 0 Å². The van der Waals surface area contributed by atoms with Gasteiger partial charge in [0, 0.05) is 11.3 Å². The summed E-state index contributed by atoms with van der Waals surface area (Å²) in [5.41, 5.74) is 5.85. The zero-order valence-electron chi connectivity index (χ0n) is 9.86. The summed E-state index contributed by atoms with van der Waals surface area (Å²) in [7, 11) is 0. The molecule has 3 heteroatoms. The predicted molar refractivity (Wildman–Crippen MR) is 72.2 cm³/mol. The molecule has 1 rings (SSSR count). The van der Waals surface area contributed by atoms with Gasteiger partial charge in [-0.3, -0.25) is 0 Å². The minimum atomic E-state index is -0.143. The van der Waals surface area contributed by atoms with Crippen molar-refractivity contribution < 1.29 is 4.74 Å². The van der Waals surface area contributed by atoms with Gasteiger partial charge in [-0.1, -0.05) is 18.2 Å². The molecule has 0 unspecified atom stereocenters. The van der Waals surface area contributed by atoms with Crippen LogP contribution in [0, 0.1) is 0 Å². The van der Waals surface area contributed by atoms with E-state index in [9.17, 15) is 0 Å². The van der Waals surface area contributed by atoms with Gasteiger partial charge in [0.15, 0.2) is 0 Å². The molecule has 0 saturated heterocycles. The highest BCUT2D eigenvalue weighted by molar-refractivity contribution is 7.80. The van der Waals surface area contributed by atoms with Crippen LogP contribution in [-0.4, -0.2) is 17.9 Å². The molecule has 0 heterocycles. The number of para-hydroxylation sites is 1. The second-order valence-electron chi connectivity index (χ2n) is 4.43. The van der Waals surface area contributed by atoms with Crippen LogP contribution in [0.4, 0.5) is 0 Å². The van der Waals surface area contributed by atoms with Gasteiger partial charge in [-0.25, -0.2) is 0 Å². The van der Waals surface area contributed by atoms with Gasteiger partial charge >= 0.3 is 0 Å².